The molecule has 0 aliphatic heterocycles. The molecule has 1 N–H and O–H groups in total. The number of halogens is 2. The Hall–Kier alpha value is -1.39. The lowest BCUT2D eigenvalue weighted by molar-refractivity contribution is 0.505. The minimum absolute atomic E-state index is 0.132. The molecule has 0 bridgehead atoms. The maximum Gasteiger partial charge on any atom is 0.130 e. The lowest BCUT2D eigenvalue weighted by Gasteiger charge is -2.18. The molecule has 1 unspecified atom stereocenters. The highest BCUT2D eigenvalue weighted by atomic mass is 35.5. The van der Waals surface area contributed by atoms with Crippen molar-refractivity contribution in [1.29, 1.82) is 0 Å². The molecule has 1 aromatic heterocycles. The van der Waals surface area contributed by atoms with Gasteiger partial charge in [-0.3, -0.25) is 4.68 Å². The molecule has 0 saturated carbocycles. The fraction of sp³-hybridized carbons (Fsp3) is 0.438. The molecule has 1 atom stereocenters. The largest absolute Gasteiger partial charge is 0.314 e. The number of aryl methyl sites for hydroxylation is 2. The van der Waals surface area contributed by atoms with Crippen molar-refractivity contribution in [2.24, 2.45) is 7.05 Å². The van der Waals surface area contributed by atoms with Gasteiger partial charge in [0, 0.05) is 18.7 Å². The van der Waals surface area contributed by atoms with Gasteiger partial charge in [0.1, 0.15) is 11.0 Å². The number of benzene rings is 1. The van der Waals surface area contributed by atoms with Gasteiger partial charge in [-0.05, 0) is 37.9 Å². The Balaban J connectivity index is 2.18. The summed E-state index contributed by atoms with van der Waals surface area (Å²) in [5, 5.41) is 8.40. The molecule has 0 radical (unpaired) electrons. The summed E-state index contributed by atoms with van der Waals surface area (Å²) < 4.78 is 15.5. The number of likely N-dealkylation sites (N-methyl/N-ethyl adjacent to an activating group) is 1. The minimum Gasteiger partial charge on any atom is -0.314 e. The molecule has 0 aliphatic carbocycles. The summed E-state index contributed by atoms with van der Waals surface area (Å²) >= 11 is 6.29. The van der Waals surface area contributed by atoms with Gasteiger partial charge in [-0.25, -0.2) is 4.39 Å². The van der Waals surface area contributed by atoms with Gasteiger partial charge in [-0.1, -0.05) is 36.7 Å². The van der Waals surface area contributed by atoms with Crippen LogP contribution < -0.4 is 5.32 Å². The molecule has 0 fully saturated rings. The topological polar surface area (TPSA) is 29.9 Å². The van der Waals surface area contributed by atoms with E-state index < -0.39 is 0 Å². The second kappa shape index (κ2) is 7.05. The zero-order chi connectivity index (χ0) is 15.4. The minimum atomic E-state index is -0.158. The first-order chi connectivity index (χ1) is 10.0. The Morgan fingerprint density at radius 2 is 2.05 bits per heavy atom. The molecule has 1 heterocycles. The van der Waals surface area contributed by atoms with Crippen molar-refractivity contribution in [3.8, 4) is 0 Å². The van der Waals surface area contributed by atoms with Gasteiger partial charge in [0.25, 0.3) is 0 Å². The summed E-state index contributed by atoms with van der Waals surface area (Å²) in [4.78, 5) is 0. The third kappa shape index (κ3) is 3.83. The van der Waals surface area contributed by atoms with Gasteiger partial charge in [0.05, 0.1) is 5.69 Å². The highest BCUT2D eigenvalue weighted by Gasteiger charge is 2.18. The van der Waals surface area contributed by atoms with E-state index in [9.17, 15) is 4.39 Å². The van der Waals surface area contributed by atoms with Crippen LogP contribution >= 0.6 is 11.6 Å². The zero-order valence-electron chi connectivity index (χ0n) is 12.7. The molecule has 21 heavy (non-hydrogen) atoms. The predicted octanol–water partition coefficient (Wildman–Crippen LogP) is 3.28. The van der Waals surface area contributed by atoms with Crippen LogP contribution in [-0.4, -0.2) is 22.4 Å². The molecule has 5 heteroatoms. The molecule has 0 spiro atoms. The quantitative estimate of drug-likeness (QED) is 0.887. The smallest absolute Gasteiger partial charge is 0.130 e. The zero-order valence-corrected chi connectivity index (χ0v) is 13.4. The van der Waals surface area contributed by atoms with Crippen LogP contribution in [-0.2, 0) is 19.9 Å². The summed E-state index contributed by atoms with van der Waals surface area (Å²) in [6.07, 6.45) is 1.37. The van der Waals surface area contributed by atoms with Gasteiger partial charge in [0.15, 0.2) is 0 Å². The van der Waals surface area contributed by atoms with E-state index in [0.29, 0.717) is 11.6 Å². The van der Waals surface area contributed by atoms with E-state index in [1.54, 1.807) is 10.7 Å². The summed E-state index contributed by atoms with van der Waals surface area (Å²) in [5.41, 5.74) is 2.68. The summed E-state index contributed by atoms with van der Waals surface area (Å²) in [5.74, 6) is -0.158. The SMILES string of the molecule is CCNC(Cc1ccccc1F)Cc1c(C)nn(C)c1Cl. The highest BCUT2D eigenvalue weighted by Crippen LogP contribution is 2.21. The molecular formula is C16H21ClFN3. The van der Waals surface area contributed by atoms with E-state index in [4.69, 9.17) is 11.6 Å². The van der Waals surface area contributed by atoms with Gasteiger partial charge in [0.2, 0.25) is 0 Å². The van der Waals surface area contributed by atoms with E-state index >= 15 is 0 Å². The maximum absolute atomic E-state index is 13.8. The number of hydrogen-bond acceptors (Lipinski definition) is 2. The number of nitrogens with zero attached hydrogens (tertiary/aromatic N) is 2. The second-order valence-electron chi connectivity index (χ2n) is 5.23. The Labute approximate surface area is 130 Å². The predicted molar refractivity (Wildman–Crippen MR) is 84.2 cm³/mol. The van der Waals surface area contributed by atoms with E-state index in [2.05, 4.69) is 10.4 Å². The molecular weight excluding hydrogens is 289 g/mol. The average Bonchev–Trinajstić information content (AvgIpc) is 2.68. The van der Waals surface area contributed by atoms with Crippen molar-refractivity contribution >= 4 is 11.6 Å². The maximum atomic E-state index is 13.8. The normalized spacial score (nSPS) is 12.6. The Morgan fingerprint density at radius 1 is 1.33 bits per heavy atom. The van der Waals surface area contributed by atoms with E-state index in [1.165, 1.54) is 6.07 Å². The molecule has 3 nitrogen and oxygen atoms in total. The van der Waals surface area contributed by atoms with Crippen molar-refractivity contribution in [1.82, 2.24) is 15.1 Å². The fourth-order valence-corrected chi connectivity index (χ4v) is 2.84. The van der Waals surface area contributed by atoms with Crippen LogP contribution in [0.1, 0.15) is 23.7 Å². The van der Waals surface area contributed by atoms with Gasteiger partial charge in [-0.15, -0.1) is 0 Å². The summed E-state index contributed by atoms with van der Waals surface area (Å²) in [6, 6.07) is 7.04. The van der Waals surface area contributed by atoms with Crippen molar-refractivity contribution in [2.45, 2.75) is 32.7 Å². The molecule has 114 valence electrons. The average molecular weight is 310 g/mol. The number of aromatic nitrogens is 2. The van der Waals surface area contributed by atoms with Crippen molar-refractivity contribution in [3.05, 3.63) is 52.1 Å². The standard InChI is InChI=1S/C16H21ClFN3/c1-4-19-13(9-12-7-5-6-8-15(12)18)10-14-11(2)20-21(3)16(14)17/h5-8,13,19H,4,9-10H2,1-3H3. The van der Waals surface area contributed by atoms with Crippen LogP contribution in [0, 0.1) is 12.7 Å². The lowest BCUT2D eigenvalue weighted by Crippen LogP contribution is -2.33. The van der Waals surface area contributed by atoms with Gasteiger partial charge in [-0.2, -0.15) is 5.10 Å². The Morgan fingerprint density at radius 3 is 2.62 bits per heavy atom. The molecule has 2 aromatic rings. The first-order valence-electron chi connectivity index (χ1n) is 7.17. The Kier molecular flexibility index (Phi) is 5.37. The number of hydrogen-bond donors (Lipinski definition) is 1. The third-order valence-corrected chi connectivity index (χ3v) is 4.11. The summed E-state index contributed by atoms with van der Waals surface area (Å²) in [6.45, 7) is 4.83. The monoisotopic (exact) mass is 309 g/mol. The van der Waals surface area contributed by atoms with Crippen molar-refractivity contribution < 1.29 is 4.39 Å². The van der Waals surface area contributed by atoms with Crippen LogP contribution in [0.3, 0.4) is 0 Å². The molecule has 0 saturated heterocycles. The fourth-order valence-electron chi connectivity index (χ4n) is 2.59. The number of nitrogens with one attached hydrogen (secondary N) is 1. The van der Waals surface area contributed by atoms with Crippen molar-refractivity contribution in [3.63, 3.8) is 0 Å². The van der Waals surface area contributed by atoms with Crippen LogP contribution in [0.4, 0.5) is 4.39 Å². The molecule has 0 aliphatic rings. The second-order valence-corrected chi connectivity index (χ2v) is 5.59. The van der Waals surface area contributed by atoms with E-state index in [-0.39, 0.29) is 11.9 Å². The molecule has 0 amide bonds. The van der Waals surface area contributed by atoms with Gasteiger partial charge < -0.3 is 5.32 Å². The van der Waals surface area contributed by atoms with Crippen LogP contribution in [0.2, 0.25) is 5.15 Å². The van der Waals surface area contributed by atoms with E-state index in [1.807, 2.05) is 33.0 Å². The van der Waals surface area contributed by atoms with Crippen molar-refractivity contribution in [2.75, 3.05) is 6.54 Å². The van der Waals surface area contributed by atoms with Crippen LogP contribution in [0.5, 0.6) is 0 Å². The highest BCUT2D eigenvalue weighted by molar-refractivity contribution is 6.30. The van der Waals surface area contributed by atoms with Crippen LogP contribution in [0.25, 0.3) is 0 Å². The molecule has 1 aromatic carbocycles. The Bertz CT molecular complexity index is 610. The van der Waals surface area contributed by atoms with Gasteiger partial charge >= 0.3 is 0 Å². The number of rotatable bonds is 6. The van der Waals surface area contributed by atoms with E-state index in [0.717, 1.165) is 29.8 Å². The summed E-state index contributed by atoms with van der Waals surface area (Å²) in [7, 11) is 1.83. The third-order valence-electron chi connectivity index (χ3n) is 3.64. The van der Waals surface area contributed by atoms with Crippen LogP contribution in [0.15, 0.2) is 24.3 Å². The lowest BCUT2D eigenvalue weighted by atomic mass is 9.99. The first kappa shape index (κ1) is 16.0. The first-order valence-corrected chi connectivity index (χ1v) is 7.55. The molecule has 2 rings (SSSR count).